The third kappa shape index (κ3) is 4.96. The summed E-state index contributed by atoms with van der Waals surface area (Å²) >= 11 is 0. The number of aromatic nitrogens is 1. The van der Waals surface area contributed by atoms with E-state index in [9.17, 15) is 23.3 Å². The van der Waals surface area contributed by atoms with Crippen LogP contribution in [0.2, 0.25) is 0 Å². The van der Waals surface area contributed by atoms with Gasteiger partial charge in [0.15, 0.2) is 0 Å². The Morgan fingerprint density at radius 2 is 1.97 bits per heavy atom. The van der Waals surface area contributed by atoms with Gasteiger partial charge in [-0.15, -0.1) is 0 Å². The molecular weight excluding hydrogens is 396 g/mol. The minimum Gasteiger partial charge on any atom is -0.354 e. The summed E-state index contributed by atoms with van der Waals surface area (Å²) < 4.78 is 27.3. The third-order valence-electron chi connectivity index (χ3n) is 4.82. The lowest BCUT2D eigenvalue weighted by Crippen LogP contribution is -2.52. The van der Waals surface area contributed by atoms with Gasteiger partial charge in [0, 0.05) is 43.5 Å². The monoisotopic (exact) mass is 418 g/mol. The Morgan fingerprint density at radius 3 is 2.62 bits per heavy atom. The van der Waals surface area contributed by atoms with E-state index in [0.717, 1.165) is 24.2 Å². The number of hydrogen-bond acceptors (Lipinski definition) is 6. The van der Waals surface area contributed by atoms with Crippen LogP contribution >= 0.6 is 0 Å². The first kappa shape index (κ1) is 20.9. The van der Waals surface area contributed by atoms with Crippen LogP contribution in [0, 0.1) is 10.1 Å². The van der Waals surface area contributed by atoms with E-state index in [1.54, 1.807) is 6.20 Å². The number of nitro groups is 1. The SMILES string of the molecule is O=C(NCCc1ccccn1)C1CCCCN1S(=O)(=O)c1ccc([N+](=O)[O-])cc1. The molecule has 1 fully saturated rings. The summed E-state index contributed by atoms with van der Waals surface area (Å²) in [5.74, 6) is -0.342. The van der Waals surface area contributed by atoms with Gasteiger partial charge in [0.2, 0.25) is 15.9 Å². The van der Waals surface area contributed by atoms with Gasteiger partial charge in [-0.25, -0.2) is 8.42 Å². The van der Waals surface area contributed by atoms with E-state index in [0.29, 0.717) is 25.8 Å². The second-order valence-corrected chi connectivity index (χ2v) is 8.63. The fourth-order valence-electron chi connectivity index (χ4n) is 3.31. The van der Waals surface area contributed by atoms with Gasteiger partial charge in [-0.2, -0.15) is 4.31 Å². The Labute approximate surface area is 169 Å². The molecule has 0 saturated carbocycles. The molecule has 10 heteroatoms. The summed E-state index contributed by atoms with van der Waals surface area (Å²) in [7, 11) is -3.94. The fraction of sp³-hybridized carbons (Fsp3) is 0.368. The van der Waals surface area contributed by atoms with Crippen molar-refractivity contribution in [2.24, 2.45) is 0 Å². The molecule has 1 N–H and O–H groups in total. The molecule has 1 aromatic carbocycles. The number of carbonyl (C=O) groups is 1. The van der Waals surface area contributed by atoms with E-state index in [2.05, 4.69) is 10.3 Å². The average Bonchev–Trinajstić information content (AvgIpc) is 2.74. The molecule has 154 valence electrons. The van der Waals surface area contributed by atoms with Crippen molar-refractivity contribution in [3.05, 3.63) is 64.5 Å². The quantitative estimate of drug-likeness (QED) is 0.541. The molecule has 1 amide bonds. The van der Waals surface area contributed by atoms with Crippen molar-refractivity contribution in [2.75, 3.05) is 13.1 Å². The first-order valence-corrected chi connectivity index (χ1v) is 10.8. The molecule has 1 saturated heterocycles. The van der Waals surface area contributed by atoms with Gasteiger partial charge in [0.05, 0.1) is 9.82 Å². The molecule has 0 spiro atoms. The molecule has 0 aliphatic carbocycles. The van der Waals surface area contributed by atoms with Crippen molar-refractivity contribution in [3.8, 4) is 0 Å². The lowest BCUT2D eigenvalue weighted by Gasteiger charge is -2.33. The van der Waals surface area contributed by atoms with Crippen molar-refractivity contribution >= 4 is 21.6 Å². The molecule has 0 radical (unpaired) electrons. The van der Waals surface area contributed by atoms with Crippen LogP contribution in [0.25, 0.3) is 0 Å². The van der Waals surface area contributed by atoms with Crippen LogP contribution in [0.4, 0.5) is 5.69 Å². The molecule has 29 heavy (non-hydrogen) atoms. The zero-order valence-electron chi connectivity index (χ0n) is 15.7. The fourth-order valence-corrected chi connectivity index (χ4v) is 4.96. The second kappa shape index (κ2) is 9.10. The van der Waals surface area contributed by atoms with Crippen molar-refractivity contribution in [1.29, 1.82) is 0 Å². The molecule has 1 unspecified atom stereocenters. The highest BCUT2D eigenvalue weighted by Gasteiger charge is 2.37. The number of sulfonamides is 1. The minimum absolute atomic E-state index is 0.0590. The maximum atomic E-state index is 13.0. The topological polar surface area (TPSA) is 123 Å². The largest absolute Gasteiger partial charge is 0.354 e. The Kier molecular flexibility index (Phi) is 6.55. The lowest BCUT2D eigenvalue weighted by molar-refractivity contribution is -0.384. The standard InChI is InChI=1S/C19H22N4O5S/c24-19(21-13-11-15-5-1-3-12-20-15)18-6-2-4-14-22(18)29(27,28)17-9-7-16(8-10-17)23(25)26/h1,3,5,7-10,12,18H,2,4,6,11,13-14H2,(H,21,24). The highest BCUT2D eigenvalue weighted by Crippen LogP contribution is 2.26. The van der Waals surface area contributed by atoms with Gasteiger partial charge in [0.25, 0.3) is 5.69 Å². The summed E-state index contributed by atoms with van der Waals surface area (Å²) in [5, 5.41) is 13.6. The summed E-state index contributed by atoms with van der Waals surface area (Å²) in [5.41, 5.74) is 0.651. The van der Waals surface area contributed by atoms with Gasteiger partial charge in [-0.1, -0.05) is 12.5 Å². The number of pyridine rings is 1. The molecule has 1 aliphatic rings. The normalized spacial score (nSPS) is 17.6. The van der Waals surface area contributed by atoms with Crippen LogP contribution in [0.5, 0.6) is 0 Å². The smallest absolute Gasteiger partial charge is 0.269 e. The lowest BCUT2D eigenvalue weighted by atomic mass is 10.0. The van der Waals surface area contributed by atoms with Crippen LogP contribution in [0.1, 0.15) is 25.0 Å². The maximum Gasteiger partial charge on any atom is 0.269 e. The predicted molar refractivity (Wildman–Crippen MR) is 106 cm³/mol. The van der Waals surface area contributed by atoms with E-state index in [1.165, 1.54) is 16.4 Å². The van der Waals surface area contributed by atoms with Gasteiger partial charge < -0.3 is 5.32 Å². The van der Waals surface area contributed by atoms with Crippen LogP contribution in [0.15, 0.2) is 53.6 Å². The van der Waals surface area contributed by atoms with Gasteiger partial charge in [-0.3, -0.25) is 19.9 Å². The molecule has 0 bridgehead atoms. The van der Waals surface area contributed by atoms with E-state index in [1.807, 2.05) is 18.2 Å². The number of hydrogen-bond donors (Lipinski definition) is 1. The van der Waals surface area contributed by atoms with Crippen molar-refractivity contribution in [3.63, 3.8) is 0 Å². The predicted octanol–water partition coefficient (Wildman–Crippen LogP) is 1.89. The highest BCUT2D eigenvalue weighted by molar-refractivity contribution is 7.89. The van der Waals surface area contributed by atoms with Crippen molar-refractivity contribution in [1.82, 2.24) is 14.6 Å². The van der Waals surface area contributed by atoms with E-state index in [-0.39, 0.29) is 23.0 Å². The highest BCUT2D eigenvalue weighted by atomic mass is 32.2. The Morgan fingerprint density at radius 1 is 1.21 bits per heavy atom. The molecule has 2 aromatic rings. The molecule has 3 rings (SSSR count). The first-order chi connectivity index (χ1) is 13.9. The second-order valence-electron chi connectivity index (χ2n) is 6.74. The van der Waals surface area contributed by atoms with Crippen molar-refractivity contribution < 1.29 is 18.1 Å². The van der Waals surface area contributed by atoms with Gasteiger partial charge in [0.1, 0.15) is 6.04 Å². The Hall–Kier alpha value is -2.85. The molecule has 1 aromatic heterocycles. The number of nitrogens with one attached hydrogen (secondary N) is 1. The van der Waals surface area contributed by atoms with Crippen LogP contribution in [-0.4, -0.2) is 47.7 Å². The number of nitrogens with zero attached hydrogens (tertiary/aromatic N) is 3. The van der Waals surface area contributed by atoms with E-state index in [4.69, 9.17) is 0 Å². The first-order valence-electron chi connectivity index (χ1n) is 9.33. The zero-order valence-corrected chi connectivity index (χ0v) is 16.5. The molecule has 1 atom stereocenters. The molecular formula is C19H22N4O5S. The van der Waals surface area contributed by atoms with Crippen LogP contribution < -0.4 is 5.32 Å². The van der Waals surface area contributed by atoms with Crippen molar-refractivity contribution in [2.45, 2.75) is 36.6 Å². The van der Waals surface area contributed by atoms with E-state index >= 15 is 0 Å². The summed E-state index contributed by atoms with van der Waals surface area (Å²) in [6.45, 7) is 0.593. The zero-order chi connectivity index (χ0) is 20.9. The number of non-ortho nitro benzene ring substituents is 1. The molecule has 1 aliphatic heterocycles. The number of piperidine rings is 1. The molecule has 2 heterocycles. The number of nitro benzene ring substituents is 1. The summed E-state index contributed by atoms with van der Waals surface area (Å²) in [4.78, 5) is 27.0. The van der Waals surface area contributed by atoms with Gasteiger partial charge in [-0.05, 0) is 37.1 Å². The van der Waals surface area contributed by atoms with Crippen LogP contribution in [0.3, 0.4) is 0 Å². The van der Waals surface area contributed by atoms with E-state index < -0.39 is 21.0 Å². The number of carbonyl (C=O) groups excluding carboxylic acids is 1. The Bertz CT molecular complexity index is 964. The van der Waals surface area contributed by atoms with Crippen LogP contribution in [-0.2, 0) is 21.2 Å². The molecule has 9 nitrogen and oxygen atoms in total. The number of amides is 1. The summed E-state index contributed by atoms with van der Waals surface area (Å²) in [6, 6.07) is 9.45. The Balaban J connectivity index is 1.70. The van der Waals surface area contributed by atoms with Gasteiger partial charge >= 0.3 is 0 Å². The number of rotatable bonds is 7. The number of benzene rings is 1. The third-order valence-corrected chi connectivity index (χ3v) is 6.74. The minimum atomic E-state index is -3.94. The maximum absolute atomic E-state index is 13.0. The average molecular weight is 418 g/mol. The summed E-state index contributed by atoms with van der Waals surface area (Å²) in [6.07, 6.45) is 4.07.